The minimum absolute atomic E-state index is 0.199. The molecule has 2 aliphatic rings. The van der Waals surface area contributed by atoms with Crippen molar-refractivity contribution in [3.8, 4) is 34.0 Å². The highest BCUT2D eigenvalue weighted by Crippen LogP contribution is 2.37. The van der Waals surface area contributed by atoms with E-state index in [1.165, 1.54) is 16.7 Å². The van der Waals surface area contributed by atoms with Crippen LogP contribution >= 0.6 is 0 Å². The van der Waals surface area contributed by atoms with Crippen LogP contribution in [0.25, 0.3) is 34.0 Å². The summed E-state index contributed by atoms with van der Waals surface area (Å²) in [6, 6.07) is 15.2. The Morgan fingerprint density at radius 1 is 1.00 bits per heavy atom. The maximum Gasteiger partial charge on any atom is 0.306 e. The van der Waals surface area contributed by atoms with E-state index in [0.29, 0.717) is 24.6 Å². The van der Waals surface area contributed by atoms with Gasteiger partial charge in [-0.05, 0) is 110 Å². The van der Waals surface area contributed by atoms with Crippen LogP contribution in [-0.2, 0) is 11.2 Å². The average Bonchev–Trinajstić information content (AvgIpc) is 3.36. The molecule has 7 nitrogen and oxygen atoms in total. The van der Waals surface area contributed by atoms with E-state index < -0.39 is 5.97 Å². The van der Waals surface area contributed by atoms with Crippen molar-refractivity contribution in [1.82, 2.24) is 20.4 Å². The molecule has 2 heterocycles. The van der Waals surface area contributed by atoms with Crippen molar-refractivity contribution >= 4 is 5.97 Å². The van der Waals surface area contributed by atoms with Crippen molar-refractivity contribution in [3.05, 3.63) is 77.1 Å². The summed E-state index contributed by atoms with van der Waals surface area (Å²) in [7, 11) is 0. The lowest BCUT2D eigenvalue weighted by molar-refractivity contribution is -0.145. The van der Waals surface area contributed by atoms with Crippen LogP contribution in [0.15, 0.2) is 59.4 Å². The Kier molecular flexibility index (Phi) is 6.08. The number of benzene rings is 2. The summed E-state index contributed by atoms with van der Waals surface area (Å²) in [5.74, 6) is 0.221. The molecule has 1 fully saturated rings. The number of carboxylic acids is 1. The normalized spacial score (nSPS) is 20.8. The van der Waals surface area contributed by atoms with Gasteiger partial charge in [0.15, 0.2) is 0 Å². The Bertz CT molecular complexity index is 1430. The Balaban J connectivity index is 1.22. The molecule has 1 unspecified atom stereocenters. The molecule has 7 heteroatoms. The summed E-state index contributed by atoms with van der Waals surface area (Å²) < 4.78 is 5.70. The SMILES string of the molecule is Cc1cc(-c2nc(-c3ccc4c(c3)CCCC4N[C@H]3C[C@H](C(=O)O)C3)no2)cc(C)c1-c1ccncc1. The number of hydrogen-bond acceptors (Lipinski definition) is 6. The Labute approximate surface area is 216 Å². The van der Waals surface area contributed by atoms with Crippen LogP contribution in [-0.4, -0.2) is 32.2 Å². The number of aryl methyl sites for hydroxylation is 3. The summed E-state index contributed by atoms with van der Waals surface area (Å²) in [6.45, 7) is 4.20. The van der Waals surface area contributed by atoms with Crippen LogP contribution in [0.2, 0.25) is 0 Å². The van der Waals surface area contributed by atoms with Gasteiger partial charge in [-0.15, -0.1) is 0 Å². The lowest BCUT2D eigenvalue weighted by Gasteiger charge is -2.38. The number of rotatable bonds is 6. The molecule has 0 aliphatic heterocycles. The maximum atomic E-state index is 11.1. The molecular formula is C30H30N4O3. The molecular weight excluding hydrogens is 464 g/mol. The first-order chi connectivity index (χ1) is 18.0. The molecule has 0 amide bonds. The predicted octanol–water partition coefficient (Wildman–Crippen LogP) is 5.91. The molecule has 1 saturated carbocycles. The molecule has 1 atom stereocenters. The molecule has 2 N–H and O–H groups in total. The van der Waals surface area contributed by atoms with Gasteiger partial charge in [-0.2, -0.15) is 4.98 Å². The van der Waals surface area contributed by atoms with E-state index in [1.807, 2.05) is 24.5 Å². The molecule has 0 radical (unpaired) electrons. The number of aliphatic carboxylic acids is 1. The highest BCUT2D eigenvalue weighted by atomic mass is 16.5. The van der Waals surface area contributed by atoms with Gasteiger partial charge >= 0.3 is 5.97 Å². The molecule has 4 aromatic rings. The fourth-order valence-corrected chi connectivity index (χ4v) is 5.89. The third kappa shape index (κ3) is 4.55. The van der Waals surface area contributed by atoms with Gasteiger partial charge in [0.1, 0.15) is 0 Å². The van der Waals surface area contributed by atoms with Crippen molar-refractivity contribution in [2.75, 3.05) is 0 Å². The van der Waals surface area contributed by atoms with E-state index in [1.54, 1.807) is 0 Å². The molecule has 0 spiro atoms. The maximum absolute atomic E-state index is 11.1. The fraction of sp³-hybridized carbons (Fsp3) is 0.333. The predicted molar refractivity (Wildman–Crippen MR) is 141 cm³/mol. The topological polar surface area (TPSA) is 101 Å². The third-order valence-corrected chi connectivity index (χ3v) is 7.81. The number of fused-ring (bicyclic) bond motifs is 1. The zero-order valence-corrected chi connectivity index (χ0v) is 21.1. The largest absolute Gasteiger partial charge is 0.481 e. The van der Waals surface area contributed by atoms with E-state index in [9.17, 15) is 4.79 Å². The summed E-state index contributed by atoms with van der Waals surface area (Å²) in [5, 5.41) is 17.2. The summed E-state index contributed by atoms with van der Waals surface area (Å²) in [5.41, 5.74) is 9.10. The van der Waals surface area contributed by atoms with Crippen LogP contribution in [0, 0.1) is 19.8 Å². The number of nitrogens with one attached hydrogen (secondary N) is 1. The third-order valence-electron chi connectivity index (χ3n) is 7.81. The van der Waals surface area contributed by atoms with Gasteiger partial charge in [-0.1, -0.05) is 17.3 Å². The fourth-order valence-electron chi connectivity index (χ4n) is 5.89. The van der Waals surface area contributed by atoms with Crippen LogP contribution in [0.5, 0.6) is 0 Å². The summed E-state index contributed by atoms with van der Waals surface area (Å²) in [6.07, 6.45) is 8.24. The highest BCUT2D eigenvalue weighted by Gasteiger charge is 2.36. The minimum atomic E-state index is -0.679. The van der Waals surface area contributed by atoms with Gasteiger partial charge in [0.25, 0.3) is 5.89 Å². The highest BCUT2D eigenvalue weighted by molar-refractivity contribution is 5.75. The molecule has 0 bridgehead atoms. The van der Waals surface area contributed by atoms with Crippen LogP contribution in [0.3, 0.4) is 0 Å². The van der Waals surface area contributed by atoms with E-state index in [-0.39, 0.29) is 18.0 Å². The number of nitrogens with zero attached hydrogens (tertiary/aromatic N) is 3. The monoisotopic (exact) mass is 494 g/mol. The molecule has 188 valence electrons. The first-order valence-corrected chi connectivity index (χ1v) is 12.9. The van der Waals surface area contributed by atoms with Gasteiger partial charge in [-0.25, -0.2) is 0 Å². The lowest BCUT2D eigenvalue weighted by Crippen LogP contribution is -2.46. The van der Waals surface area contributed by atoms with Gasteiger partial charge in [0, 0.05) is 35.6 Å². The standard InChI is InChI=1S/C30H30N4O3/c1-17-12-22(13-18(2)27(17)19-8-10-31-11-9-19)29-33-28(34-37-29)21-6-7-25-20(14-21)4-3-5-26(25)32-24-15-23(16-24)30(35)36/h6-14,23-24,26,32H,3-5,15-16H2,1-2H3,(H,35,36)/t23-,24-,26?. The van der Waals surface area contributed by atoms with Crippen LogP contribution < -0.4 is 5.32 Å². The number of aromatic nitrogens is 3. The summed E-state index contributed by atoms with van der Waals surface area (Å²) >= 11 is 0. The van der Waals surface area contributed by atoms with E-state index in [0.717, 1.165) is 47.1 Å². The average molecular weight is 495 g/mol. The number of carboxylic acid groups (broad SMARTS) is 1. The Morgan fingerprint density at radius 3 is 2.49 bits per heavy atom. The Morgan fingerprint density at radius 2 is 1.76 bits per heavy atom. The second kappa shape index (κ2) is 9.56. The second-order valence-corrected chi connectivity index (χ2v) is 10.4. The van der Waals surface area contributed by atoms with Crippen molar-refractivity contribution < 1.29 is 14.4 Å². The quantitative estimate of drug-likeness (QED) is 0.343. The minimum Gasteiger partial charge on any atom is -0.481 e. The van der Waals surface area contributed by atoms with Gasteiger partial charge in [0.05, 0.1) is 5.92 Å². The molecule has 37 heavy (non-hydrogen) atoms. The smallest absolute Gasteiger partial charge is 0.306 e. The van der Waals surface area contributed by atoms with Gasteiger partial charge < -0.3 is 14.9 Å². The zero-order chi connectivity index (χ0) is 25.5. The molecule has 6 rings (SSSR count). The molecule has 2 aromatic carbocycles. The van der Waals surface area contributed by atoms with Crippen molar-refractivity contribution in [1.29, 1.82) is 0 Å². The molecule has 0 saturated heterocycles. The van der Waals surface area contributed by atoms with E-state index >= 15 is 0 Å². The van der Waals surface area contributed by atoms with Crippen LogP contribution in [0.1, 0.15) is 54.0 Å². The number of pyridine rings is 1. The van der Waals surface area contributed by atoms with Crippen LogP contribution in [0.4, 0.5) is 0 Å². The van der Waals surface area contributed by atoms with E-state index in [4.69, 9.17) is 14.6 Å². The van der Waals surface area contributed by atoms with Gasteiger partial charge in [0.2, 0.25) is 5.82 Å². The first-order valence-electron chi connectivity index (χ1n) is 12.9. The van der Waals surface area contributed by atoms with Crippen molar-refractivity contribution in [3.63, 3.8) is 0 Å². The second-order valence-electron chi connectivity index (χ2n) is 10.4. The number of carbonyl (C=O) groups is 1. The molecule has 2 aliphatic carbocycles. The lowest BCUT2D eigenvalue weighted by atomic mass is 9.78. The Hall–Kier alpha value is -3.84. The van der Waals surface area contributed by atoms with Gasteiger partial charge in [-0.3, -0.25) is 9.78 Å². The first kappa shape index (κ1) is 23.6. The van der Waals surface area contributed by atoms with Crippen molar-refractivity contribution in [2.24, 2.45) is 5.92 Å². The number of hydrogen-bond donors (Lipinski definition) is 2. The van der Waals surface area contributed by atoms with Crippen molar-refractivity contribution in [2.45, 2.75) is 58.0 Å². The molecule has 2 aromatic heterocycles. The van der Waals surface area contributed by atoms with E-state index in [2.05, 4.69) is 59.6 Å². The zero-order valence-electron chi connectivity index (χ0n) is 21.1. The summed E-state index contributed by atoms with van der Waals surface area (Å²) in [4.78, 5) is 20.0.